The van der Waals surface area contributed by atoms with Crippen LogP contribution < -0.4 is 0 Å². The standard InChI is InChI=1S/C12H8BrF/c13-12-7-6-10(14)8-11(12)9-4-2-1-3-5-9/h1-8H. The molecule has 2 heteroatoms. The quantitative estimate of drug-likeness (QED) is 0.710. The molecule has 0 unspecified atom stereocenters. The first-order chi connectivity index (χ1) is 6.77. The van der Waals surface area contributed by atoms with Crippen LogP contribution in [-0.2, 0) is 0 Å². The van der Waals surface area contributed by atoms with Crippen molar-refractivity contribution in [3.8, 4) is 11.1 Å². The van der Waals surface area contributed by atoms with E-state index in [0.29, 0.717) is 0 Å². The summed E-state index contributed by atoms with van der Waals surface area (Å²) in [5, 5.41) is 0. The Labute approximate surface area is 90.5 Å². The van der Waals surface area contributed by atoms with Crippen molar-refractivity contribution in [2.75, 3.05) is 0 Å². The SMILES string of the molecule is Fc1ccc(Br)c(-c2ccccc2)c1. The first-order valence-electron chi connectivity index (χ1n) is 4.28. The second kappa shape index (κ2) is 3.93. The number of benzene rings is 2. The maximum Gasteiger partial charge on any atom is 0.123 e. The van der Waals surface area contributed by atoms with Gasteiger partial charge >= 0.3 is 0 Å². The molecule has 0 N–H and O–H groups in total. The van der Waals surface area contributed by atoms with Crippen LogP contribution >= 0.6 is 15.9 Å². The fourth-order valence-corrected chi connectivity index (χ4v) is 1.81. The highest BCUT2D eigenvalue weighted by Crippen LogP contribution is 2.28. The summed E-state index contributed by atoms with van der Waals surface area (Å²) in [5.74, 6) is -0.216. The molecule has 0 aliphatic rings. The highest BCUT2D eigenvalue weighted by atomic mass is 79.9. The molecule has 2 aromatic carbocycles. The third-order valence-corrected chi connectivity index (χ3v) is 2.70. The third kappa shape index (κ3) is 1.85. The van der Waals surface area contributed by atoms with Crippen LogP contribution in [0.1, 0.15) is 0 Å². The Balaban J connectivity index is 2.57. The molecule has 14 heavy (non-hydrogen) atoms. The van der Waals surface area contributed by atoms with Crippen LogP contribution in [0.4, 0.5) is 4.39 Å². The Morgan fingerprint density at radius 2 is 1.64 bits per heavy atom. The molecular weight excluding hydrogens is 243 g/mol. The van der Waals surface area contributed by atoms with Crippen molar-refractivity contribution in [3.05, 3.63) is 58.8 Å². The zero-order valence-corrected chi connectivity index (χ0v) is 8.96. The molecule has 0 saturated carbocycles. The van der Waals surface area contributed by atoms with E-state index in [9.17, 15) is 4.39 Å². The van der Waals surface area contributed by atoms with Crippen molar-refractivity contribution in [2.24, 2.45) is 0 Å². The van der Waals surface area contributed by atoms with Gasteiger partial charge in [0.15, 0.2) is 0 Å². The van der Waals surface area contributed by atoms with Crippen molar-refractivity contribution in [1.82, 2.24) is 0 Å². The number of halogens is 2. The maximum atomic E-state index is 13.0. The molecule has 0 saturated heterocycles. The van der Waals surface area contributed by atoms with Gasteiger partial charge in [-0.3, -0.25) is 0 Å². The van der Waals surface area contributed by atoms with E-state index < -0.39 is 0 Å². The molecule has 0 atom stereocenters. The zero-order chi connectivity index (χ0) is 9.97. The molecule has 0 aliphatic carbocycles. The molecular formula is C12H8BrF. The molecule has 0 bridgehead atoms. The van der Waals surface area contributed by atoms with Gasteiger partial charge < -0.3 is 0 Å². The Morgan fingerprint density at radius 1 is 0.929 bits per heavy atom. The van der Waals surface area contributed by atoms with Gasteiger partial charge in [-0.2, -0.15) is 0 Å². The zero-order valence-electron chi connectivity index (χ0n) is 7.37. The van der Waals surface area contributed by atoms with E-state index in [2.05, 4.69) is 15.9 Å². The van der Waals surface area contributed by atoms with Crippen LogP contribution in [-0.4, -0.2) is 0 Å². The largest absolute Gasteiger partial charge is 0.207 e. The Bertz CT molecular complexity index is 437. The molecule has 2 rings (SSSR count). The first kappa shape index (κ1) is 9.41. The summed E-state index contributed by atoms with van der Waals surface area (Å²) in [6.45, 7) is 0. The Morgan fingerprint density at radius 3 is 2.36 bits per heavy atom. The molecule has 0 nitrogen and oxygen atoms in total. The van der Waals surface area contributed by atoms with Gasteiger partial charge in [0.25, 0.3) is 0 Å². The predicted molar refractivity (Wildman–Crippen MR) is 59.5 cm³/mol. The number of rotatable bonds is 1. The average Bonchev–Trinajstić information content (AvgIpc) is 2.23. The molecule has 0 spiro atoms. The van der Waals surface area contributed by atoms with Gasteiger partial charge in [0.05, 0.1) is 0 Å². The smallest absolute Gasteiger partial charge is 0.123 e. The van der Waals surface area contributed by atoms with E-state index in [-0.39, 0.29) is 5.82 Å². The fraction of sp³-hybridized carbons (Fsp3) is 0. The summed E-state index contributed by atoms with van der Waals surface area (Å²) in [7, 11) is 0. The molecule has 2 aromatic rings. The van der Waals surface area contributed by atoms with Crippen LogP contribution in [0.15, 0.2) is 53.0 Å². The van der Waals surface area contributed by atoms with E-state index >= 15 is 0 Å². The lowest BCUT2D eigenvalue weighted by molar-refractivity contribution is 0.628. The second-order valence-electron chi connectivity index (χ2n) is 2.99. The van der Waals surface area contributed by atoms with Crippen LogP contribution in [0, 0.1) is 5.82 Å². The molecule has 0 radical (unpaired) electrons. The van der Waals surface area contributed by atoms with Gasteiger partial charge in [-0.25, -0.2) is 4.39 Å². The summed E-state index contributed by atoms with van der Waals surface area (Å²) in [5.41, 5.74) is 1.89. The second-order valence-corrected chi connectivity index (χ2v) is 3.84. The summed E-state index contributed by atoms with van der Waals surface area (Å²) in [6, 6.07) is 14.4. The lowest BCUT2D eigenvalue weighted by atomic mass is 10.1. The van der Waals surface area contributed by atoms with Crippen molar-refractivity contribution in [2.45, 2.75) is 0 Å². The van der Waals surface area contributed by atoms with Gasteiger partial charge in [-0.1, -0.05) is 46.3 Å². The van der Waals surface area contributed by atoms with Crippen LogP contribution in [0.25, 0.3) is 11.1 Å². The van der Waals surface area contributed by atoms with E-state index in [0.717, 1.165) is 15.6 Å². The average molecular weight is 251 g/mol. The first-order valence-corrected chi connectivity index (χ1v) is 5.07. The molecule has 0 heterocycles. The third-order valence-electron chi connectivity index (χ3n) is 2.01. The fourth-order valence-electron chi connectivity index (χ4n) is 1.34. The van der Waals surface area contributed by atoms with Crippen LogP contribution in [0.2, 0.25) is 0 Å². The minimum Gasteiger partial charge on any atom is -0.207 e. The minimum atomic E-state index is -0.216. The van der Waals surface area contributed by atoms with Gasteiger partial charge in [0, 0.05) is 4.47 Å². The lowest BCUT2D eigenvalue weighted by Gasteiger charge is -2.04. The molecule has 0 amide bonds. The van der Waals surface area contributed by atoms with E-state index in [1.807, 2.05) is 30.3 Å². The normalized spacial score (nSPS) is 10.1. The predicted octanol–water partition coefficient (Wildman–Crippen LogP) is 4.26. The van der Waals surface area contributed by atoms with E-state index in [1.165, 1.54) is 12.1 Å². The molecule has 70 valence electrons. The summed E-state index contributed by atoms with van der Waals surface area (Å²) in [6.07, 6.45) is 0. The summed E-state index contributed by atoms with van der Waals surface area (Å²) < 4.78 is 13.9. The highest BCUT2D eigenvalue weighted by molar-refractivity contribution is 9.10. The van der Waals surface area contributed by atoms with Gasteiger partial charge in [0.1, 0.15) is 5.82 Å². The maximum absolute atomic E-state index is 13.0. The Hall–Kier alpha value is -1.15. The van der Waals surface area contributed by atoms with Gasteiger partial charge in [-0.05, 0) is 29.3 Å². The number of hydrogen-bond acceptors (Lipinski definition) is 0. The summed E-state index contributed by atoms with van der Waals surface area (Å²) >= 11 is 3.40. The van der Waals surface area contributed by atoms with Crippen LogP contribution in [0.3, 0.4) is 0 Å². The van der Waals surface area contributed by atoms with Crippen molar-refractivity contribution < 1.29 is 4.39 Å². The topological polar surface area (TPSA) is 0 Å². The van der Waals surface area contributed by atoms with Gasteiger partial charge in [-0.15, -0.1) is 0 Å². The molecule has 0 aliphatic heterocycles. The molecule has 0 aromatic heterocycles. The Kier molecular flexibility index (Phi) is 2.64. The summed E-state index contributed by atoms with van der Waals surface area (Å²) in [4.78, 5) is 0. The van der Waals surface area contributed by atoms with Crippen molar-refractivity contribution >= 4 is 15.9 Å². The monoisotopic (exact) mass is 250 g/mol. The minimum absolute atomic E-state index is 0.216. The molecule has 0 fully saturated rings. The van der Waals surface area contributed by atoms with Crippen molar-refractivity contribution in [1.29, 1.82) is 0 Å². The van der Waals surface area contributed by atoms with Gasteiger partial charge in [0.2, 0.25) is 0 Å². The highest BCUT2D eigenvalue weighted by Gasteiger charge is 2.03. The van der Waals surface area contributed by atoms with E-state index in [1.54, 1.807) is 6.07 Å². The lowest BCUT2D eigenvalue weighted by Crippen LogP contribution is -1.81. The van der Waals surface area contributed by atoms with Crippen LogP contribution in [0.5, 0.6) is 0 Å². The number of hydrogen-bond donors (Lipinski definition) is 0. The van der Waals surface area contributed by atoms with Crippen molar-refractivity contribution in [3.63, 3.8) is 0 Å². The van der Waals surface area contributed by atoms with E-state index in [4.69, 9.17) is 0 Å².